The average molecular weight is 574 g/mol. The zero-order valence-electron chi connectivity index (χ0n) is 23.9. The smallest absolute Gasteiger partial charge is 0.407 e. The number of carbonyl (C=O) groups excluding carboxylic acids is 2. The largest absolute Gasteiger partial charge is 0.468 e. The van der Waals surface area contributed by atoms with Crippen molar-refractivity contribution in [2.75, 3.05) is 19.7 Å². The van der Waals surface area contributed by atoms with Crippen molar-refractivity contribution in [3.05, 3.63) is 11.8 Å². The van der Waals surface area contributed by atoms with E-state index in [0.717, 1.165) is 6.42 Å². The van der Waals surface area contributed by atoms with Crippen LogP contribution >= 0.6 is 0 Å². The van der Waals surface area contributed by atoms with Crippen LogP contribution in [0.1, 0.15) is 66.2 Å². The van der Waals surface area contributed by atoms with E-state index < -0.39 is 66.7 Å². The number of carbonyl (C=O) groups is 2. The molecule has 0 spiro atoms. The predicted molar refractivity (Wildman–Crippen MR) is 143 cm³/mol. The molecule has 7 N–H and O–H groups in total. The molecule has 13 nitrogen and oxygen atoms in total. The molecule has 2 amide bonds. The van der Waals surface area contributed by atoms with Crippen molar-refractivity contribution < 1.29 is 48.6 Å². The van der Waals surface area contributed by atoms with Gasteiger partial charge in [0.15, 0.2) is 12.6 Å². The zero-order valence-corrected chi connectivity index (χ0v) is 23.9. The lowest BCUT2D eigenvalue weighted by molar-refractivity contribution is -0.280. The van der Waals surface area contributed by atoms with Gasteiger partial charge < -0.3 is 55.4 Å². The number of allylic oxidation sites excluding steroid dienone is 1. The van der Waals surface area contributed by atoms with Crippen LogP contribution in [-0.4, -0.2) is 102 Å². The maximum atomic E-state index is 12.8. The molecule has 3 rings (SSSR count). The van der Waals surface area contributed by atoms with Crippen LogP contribution in [-0.2, 0) is 28.5 Å². The molecule has 1 aliphatic carbocycles. The second kappa shape index (κ2) is 14.8. The number of rotatable bonds is 10. The third-order valence-corrected chi connectivity index (χ3v) is 6.97. The van der Waals surface area contributed by atoms with Crippen LogP contribution in [0.4, 0.5) is 4.79 Å². The van der Waals surface area contributed by atoms with E-state index in [1.165, 1.54) is 0 Å². The summed E-state index contributed by atoms with van der Waals surface area (Å²) in [5.74, 6) is 0.0982. The van der Waals surface area contributed by atoms with Crippen molar-refractivity contribution in [1.29, 1.82) is 0 Å². The first-order chi connectivity index (χ1) is 18.9. The molecule has 2 fully saturated rings. The fourth-order valence-corrected chi connectivity index (χ4v) is 4.97. The van der Waals surface area contributed by atoms with E-state index in [1.54, 1.807) is 20.8 Å². The second-order valence-corrected chi connectivity index (χ2v) is 11.8. The molecule has 2 heterocycles. The number of ether oxygens (including phenoxy) is 5. The molecule has 9 atom stereocenters. The number of amides is 2. The minimum atomic E-state index is -1.42. The summed E-state index contributed by atoms with van der Waals surface area (Å²) in [6, 6.07) is -0.697. The number of alkyl carbamates (subject to hydrolysis) is 1. The molecule has 0 aromatic rings. The molecule has 1 unspecified atom stereocenters. The summed E-state index contributed by atoms with van der Waals surface area (Å²) >= 11 is 0. The first kappa shape index (κ1) is 32.5. The van der Waals surface area contributed by atoms with Crippen LogP contribution in [0.2, 0.25) is 0 Å². The van der Waals surface area contributed by atoms with E-state index in [9.17, 15) is 24.9 Å². The van der Waals surface area contributed by atoms with Gasteiger partial charge >= 0.3 is 6.09 Å². The van der Waals surface area contributed by atoms with Crippen LogP contribution in [0, 0.1) is 5.92 Å². The molecule has 2 aliphatic heterocycles. The third kappa shape index (κ3) is 9.82. The van der Waals surface area contributed by atoms with E-state index >= 15 is 0 Å². The number of hydrogen-bond acceptors (Lipinski definition) is 11. The summed E-state index contributed by atoms with van der Waals surface area (Å²) in [6.45, 7) is 7.80. The Bertz CT molecular complexity index is 866. The lowest BCUT2D eigenvalue weighted by Crippen LogP contribution is -2.61. The van der Waals surface area contributed by atoms with Gasteiger partial charge in [0.05, 0.1) is 25.3 Å². The first-order valence-electron chi connectivity index (χ1n) is 14.2. The highest BCUT2D eigenvalue weighted by Gasteiger charge is 2.45. The molecule has 0 aromatic heterocycles. The standard InChI is InChI=1S/C27H47N3O10/c1-15-12-19(32)25(36-14-15)39-23-17(30-24(34)18(31)10-11-29-26(35)40-27(2,3)4)8-9-20(22(23)33)38-21-7-5-6-16(13-28)37-21/h6,15,17-23,25,31-33H,5,7-14,28H2,1-4H3,(H,29,35)(H,30,34)/t15?,17-,18+,19-,20-,21-,22+,23+,25-/m1/s1. The van der Waals surface area contributed by atoms with Gasteiger partial charge in [0.2, 0.25) is 5.91 Å². The second-order valence-electron chi connectivity index (χ2n) is 11.8. The summed E-state index contributed by atoms with van der Waals surface area (Å²) in [7, 11) is 0. The molecule has 230 valence electrons. The first-order valence-corrected chi connectivity index (χ1v) is 14.2. The van der Waals surface area contributed by atoms with Gasteiger partial charge in [-0.1, -0.05) is 6.92 Å². The summed E-state index contributed by atoms with van der Waals surface area (Å²) in [5.41, 5.74) is 5.02. The van der Waals surface area contributed by atoms with Gasteiger partial charge in [0.25, 0.3) is 0 Å². The van der Waals surface area contributed by atoms with E-state index in [2.05, 4.69) is 10.6 Å². The Morgan fingerprint density at radius 2 is 1.95 bits per heavy atom. The highest BCUT2D eigenvalue weighted by Crippen LogP contribution is 2.31. The maximum Gasteiger partial charge on any atom is 0.407 e. The molecule has 40 heavy (non-hydrogen) atoms. The average Bonchev–Trinajstić information content (AvgIpc) is 2.88. The molecule has 1 saturated carbocycles. The zero-order chi connectivity index (χ0) is 29.4. The molecule has 13 heteroatoms. The highest BCUT2D eigenvalue weighted by molar-refractivity contribution is 5.81. The Hall–Kier alpha value is -2.00. The normalized spacial score (nSPS) is 33.8. The van der Waals surface area contributed by atoms with Crippen LogP contribution in [0.5, 0.6) is 0 Å². The van der Waals surface area contributed by atoms with Crippen molar-refractivity contribution in [2.24, 2.45) is 11.7 Å². The van der Waals surface area contributed by atoms with Crippen LogP contribution < -0.4 is 16.4 Å². The molecular formula is C27H47N3O10. The van der Waals surface area contributed by atoms with Gasteiger partial charge in [-0.3, -0.25) is 4.79 Å². The van der Waals surface area contributed by atoms with Crippen molar-refractivity contribution in [2.45, 2.75) is 121 Å². The molecule has 3 aliphatic rings. The Labute approximate surface area is 235 Å². The van der Waals surface area contributed by atoms with Crippen molar-refractivity contribution in [1.82, 2.24) is 10.6 Å². The number of aliphatic hydroxyl groups is 3. The number of aliphatic hydroxyl groups excluding tert-OH is 3. The number of hydrogen-bond donors (Lipinski definition) is 6. The molecular weight excluding hydrogens is 526 g/mol. The Morgan fingerprint density at radius 3 is 2.62 bits per heavy atom. The third-order valence-electron chi connectivity index (χ3n) is 6.97. The summed E-state index contributed by atoms with van der Waals surface area (Å²) in [5, 5.41) is 37.5. The van der Waals surface area contributed by atoms with Crippen molar-refractivity contribution in [3.8, 4) is 0 Å². The summed E-state index contributed by atoms with van der Waals surface area (Å²) in [6.07, 6.45) is -2.96. The fourth-order valence-electron chi connectivity index (χ4n) is 4.97. The van der Waals surface area contributed by atoms with E-state index in [-0.39, 0.29) is 25.4 Å². The lowest BCUT2D eigenvalue weighted by Gasteiger charge is -2.44. The van der Waals surface area contributed by atoms with Crippen LogP contribution in [0.15, 0.2) is 11.8 Å². The highest BCUT2D eigenvalue weighted by atomic mass is 16.7. The Balaban J connectivity index is 1.61. The monoisotopic (exact) mass is 573 g/mol. The van der Waals surface area contributed by atoms with Gasteiger partial charge in [-0.25, -0.2) is 4.79 Å². The van der Waals surface area contributed by atoms with Crippen LogP contribution in [0.25, 0.3) is 0 Å². The molecule has 0 aromatic carbocycles. The van der Waals surface area contributed by atoms with Crippen molar-refractivity contribution >= 4 is 12.0 Å². The lowest BCUT2D eigenvalue weighted by atomic mass is 9.87. The van der Waals surface area contributed by atoms with Gasteiger partial charge in [-0.05, 0) is 64.9 Å². The van der Waals surface area contributed by atoms with Gasteiger partial charge in [-0.15, -0.1) is 0 Å². The molecule has 0 radical (unpaired) electrons. The van der Waals surface area contributed by atoms with Gasteiger partial charge in [-0.2, -0.15) is 0 Å². The molecule has 1 saturated heterocycles. The van der Waals surface area contributed by atoms with E-state index in [4.69, 9.17) is 29.4 Å². The quantitative estimate of drug-likeness (QED) is 0.212. The SMILES string of the molecule is CC1CO[C@H](O[C@@H]2[C@@H](O)[C@H](O[C@@H]3CCC=C(CN)O3)CC[C@H]2NC(=O)[C@@H](O)CCNC(=O)OC(C)(C)C)[C@H](O)C1. The van der Waals surface area contributed by atoms with E-state index in [0.29, 0.717) is 38.0 Å². The summed E-state index contributed by atoms with van der Waals surface area (Å²) in [4.78, 5) is 24.7. The minimum absolute atomic E-state index is 0.0214. The fraction of sp³-hybridized carbons (Fsp3) is 0.852. The topological polar surface area (TPSA) is 191 Å². The predicted octanol–water partition coefficient (Wildman–Crippen LogP) is 0.395. The maximum absolute atomic E-state index is 12.8. The summed E-state index contributed by atoms with van der Waals surface area (Å²) < 4.78 is 28.8. The Morgan fingerprint density at radius 1 is 1.20 bits per heavy atom. The minimum Gasteiger partial charge on any atom is -0.468 e. The van der Waals surface area contributed by atoms with Gasteiger partial charge in [0, 0.05) is 13.0 Å². The van der Waals surface area contributed by atoms with Crippen LogP contribution in [0.3, 0.4) is 0 Å². The van der Waals surface area contributed by atoms with Crippen molar-refractivity contribution in [3.63, 3.8) is 0 Å². The van der Waals surface area contributed by atoms with E-state index in [1.807, 2.05) is 13.0 Å². The Kier molecular flexibility index (Phi) is 12.0. The number of nitrogens with two attached hydrogens (primary N) is 1. The molecule has 0 bridgehead atoms. The number of nitrogens with one attached hydrogen (secondary N) is 2. The van der Waals surface area contributed by atoms with Gasteiger partial charge in [0.1, 0.15) is 35.8 Å².